The zero-order valence-corrected chi connectivity index (χ0v) is 13.7. The van der Waals surface area contributed by atoms with Crippen LogP contribution >= 0.6 is 0 Å². The molecule has 0 N–H and O–H groups in total. The maximum atomic E-state index is 13.5. The average Bonchev–Trinajstić information content (AvgIpc) is 2.59. The van der Waals surface area contributed by atoms with Gasteiger partial charge in [0.05, 0.1) is 6.54 Å². The topological polar surface area (TPSA) is 20.3 Å². The van der Waals surface area contributed by atoms with E-state index in [4.69, 9.17) is 0 Å². The van der Waals surface area contributed by atoms with Crippen LogP contribution in [0, 0.1) is 18.6 Å². The van der Waals surface area contributed by atoms with Crippen LogP contribution in [0.3, 0.4) is 0 Å². The van der Waals surface area contributed by atoms with Gasteiger partial charge in [0.1, 0.15) is 11.6 Å². The zero-order valence-electron chi connectivity index (χ0n) is 13.7. The van der Waals surface area contributed by atoms with E-state index in [0.29, 0.717) is 12.2 Å². The fraction of sp³-hybridized carbons (Fsp3) is 0.0952. The molecule has 0 aliphatic rings. The second-order valence-electron chi connectivity index (χ2n) is 5.87. The van der Waals surface area contributed by atoms with Gasteiger partial charge < -0.3 is 4.90 Å². The Labute approximate surface area is 145 Å². The number of benzene rings is 3. The van der Waals surface area contributed by atoms with Gasteiger partial charge in [-0.05, 0) is 42.3 Å². The van der Waals surface area contributed by atoms with E-state index in [2.05, 4.69) is 0 Å². The molecule has 0 radical (unpaired) electrons. The van der Waals surface area contributed by atoms with Crippen molar-refractivity contribution >= 4 is 11.6 Å². The van der Waals surface area contributed by atoms with Gasteiger partial charge in [0, 0.05) is 17.3 Å². The molecule has 0 fully saturated rings. The lowest BCUT2D eigenvalue weighted by Crippen LogP contribution is -2.30. The number of rotatable bonds is 4. The summed E-state index contributed by atoms with van der Waals surface area (Å²) in [7, 11) is 0. The Morgan fingerprint density at radius 1 is 0.880 bits per heavy atom. The van der Waals surface area contributed by atoms with Crippen molar-refractivity contribution in [1.29, 1.82) is 0 Å². The summed E-state index contributed by atoms with van der Waals surface area (Å²) in [6.45, 7) is 2.23. The summed E-state index contributed by atoms with van der Waals surface area (Å²) in [4.78, 5) is 14.5. The SMILES string of the molecule is Cc1cccc(N(Cc2ccccc2)C(=O)c2cc(F)cc(F)c2)c1. The summed E-state index contributed by atoms with van der Waals surface area (Å²) in [6.07, 6.45) is 0. The van der Waals surface area contributed by atoms with Gasteiger partial charge in [-0.2, -0.15) is 0 Å². The first kappa shape index (κ1) is 16.8. The number of amides is 1. The summed E-state index contributed by atoms with van der Waals surface area (Å²) in [5.41, 5.74) is 2.58. The van der Waals surface area contributed by atoms with E-state index in [9.17, 15) is 13.6 Å². The number of carbonyl (C=O) groups is 1. The number of carbonyl (C=O) groups excluding carboxylic acids is 1. The smallest absolute Gasteiger partial charge is 0.258 e. The van der Waals surface area contributed by atoms with Gasteiger partial charge in [-0.15, -0.1) is 0 Å². The van der Waals surface area contributed by atoms with E-state index in [1.165, 1.54) is 4.90 Å². The molecule has 126 valence electrons. The minimum absolute atomic E-state index is 0.0186. The van der Waals surface area contributed by atoms with E-state index in [0.717, 1.165) is 29.3 Å². The fourth-order valence-electron chi connectivity index (χ4n) is 2.68. The van der Waals surface area contributed by atoms with E-state index in [1.54, 1.807) is 0 Å². The molecule has 0 saturated carbocycles. The van der Waals surface area contributed by atoms with Gasteiger partial charge in [0.25, 0.3) is 5.91 Å². The first-order valence-corrected chi connectivity index (χ1v) is 7.91. The van der Waals surface area contributed by atoms with Crippen molar-refractivity contribution < 1.29 is 13.6 Å². The molecule has 0 aliphatic carbocycles. The normalized spacial score (nSPS) is 10.5. The third kappa shape index (κ3) is 4.10. The maximum Gasteiger partial charge on any atom is 0.258 e. The van der Waals surface area contributed by atoms with Crippen molar-refractivity contribution in [3.63, 3.8) is 0 Å². The molecule has 25 heavy (non-hydrogen) atoms. The molecule has 0 unspecified atom stereocenters. The van der Waals surface area contributed by atoms with Gasteiger partial charge in [0.2, 0.25) is 0 Å². The molecule has 0 heterocycles. The predicted molar refractivity (Wildman–Crippen MR) is 94.5 cm³/mol. The molecule has 0 atom stereocenters. The molecule has 0 aromatic heterocycles. The Kier molecular flexibility index (Phi) is 4.89. The Balaban J connectivity index is 2.02. The molecule has 3 aromatic carbocycles. The zero-order chi connectivity index (χ0) is 17.8. The second kappa shape index (κ2) is 7.26. The third-order valence-corrected chi connectivity index (χ3v) is 3.85. The lowest BCUT2D eigenvalue weighted by Gasteiger charge is -2.23. The van der Waals surface area contributed by atoms with Crippen LogP contribution in [0.15, 0.2) is 72.8 Å². The lowest BCUT2D eigenvalue weighted by molar-refractivity contribution is 0.0984. The van der Waals surface area contributed by atoms with Crippen LogP contribution in [-0.2, 0) is 6.54 Å². The molecule has 4 heteroatoms. The first-order chi connectivity index (χ1) is 12.0. The van der Waals surface area contributed by atoms with Crippen molar-refractivity contribution in [3.8, 4) is 0 Å². The fourth-order valence-corrected chi connectivity index (χ4v) is 2.68. The standard InChI is InChI=1S/C21H17F2NO/c1-15-6-5-9-20(10-15)24(14-16-7-3-2-4-8-16)21(25)17-11-18(22)13-19(23)12-17/h2-13H,14H2,1H3. The highest BCUT2D eigenvalue weighted by Crippen LogP contribution is 2.22. The van der Waals surface area contributed by atoms with Crippen molar-refractivity contribution in [2.75, 3.05) is 4.90 Å². The van der Waals surface area contributed by atoms with Gasteiger partial charge in [0.15, 0.2) is 0 Å². The Bertz CT molecular complexity index is 873. The number of nitrogens with zero attached hydrogens (tertiary/aromatic N) is 1. The highest BCUT2D eigenvalue weighted by Gasteiger charge is 2.20. The van der Waals surface area contributed by atoms with Crippen LogP contribution in [0.25, 0.3) is 0 Å². The van der Waals surface area contributed by atoms with Crippen LogP contribution in [0.1, 0.15) is 21.5 Å². The maximum absolute atomic E-state index is 13.5. The van der Waals surface area contributed by atoms with E-state index >= 15 is 0 Å². The molecule has 1 amide bonds. The molecule has 0 saturated heterocycles. The molecule has 3 aromatic rings. The molecule has 0 aliphatic heterocycles. The molecule has 0 bridgehead atoms. The molecular weight excluding hydrogens is 320 g/mol. The van der Waals surface area contributed by atoms with Crippen molar-refractivity contribution in [3.05, 3.63) is 101 Å². The number of anilines is 1. The molecular formula is C21H17F2NO. The van der Waals surface area contributed by atoms with E-state index in [-0.39, 0.29) is 5.56 Å². The number of hydrogen-bond donors (Lipinski definition) is 0. The Hall–Kier alpha value is -3.01. The first-order valence-electron chi connectivity index (χ1n) is 7.91. The monoisotopic (exact) mass is 337 g/mol. The van der Waals surface area contributed by atoms with E-state index in [1.807, 2.05) is 61.5 Å². The number of halogens is 2. The van der Waals surface area contributed by atoms with Gasteiger partial charge >= 0.3 is 0 Å². The van der Waals surface area contributed by atoms with Crippen molar-refractivity contribution in [2.24, 2.45) is 0 Å². The Morgan fingerprint density at radius 2 is 1.56 bits per heavy atom. The van der Waals surface area contributed by atoms with Gasteiger partial charge in [-0.3, -0.25) is 4.79 Å². The molecule has 3 rings (SSSR count). The second-order valence-corrected chi connectivity index (χ2v) is 5.87. The van der Waals surface area contributed by atoms with Crippen LogP contribution in [0.5, 0.6) is 0 Å². The largest absolute Gasteiger partial charge is 0.304 e. The van der Waals surface area contributed by atoms with Gasteiger partial charge in [-0.25, -0.2) is 8.78 Å². The van der Waals surface area contributed by atoms with Crippen LogP contribution < -0.4 is 4.90 Å². The van der Waals surface area contributed by atoms with Crippen LogP contribution in [0.2, 0.25) is 0 Å². The Morgan fingerprint density at radius 3 is 2.20 bits per heavy atom. The highest BCUT2D eigenvalue weighted by molar-refractivity contribution is 6.06. The van der Waals surface area contributed by atoms with E-state index < -0.39 is 17.5 Å². The number of aryl methyl sites for hydroxylation is 1. The summed E-state index contributed by atoms with van der Waals surface area (Å²) >= 11 is 0. The minimum Gasteiger partial charge on any atom is -0.304 e. The molecule has 0 spiro atoms. The van der Waals surface area contributed by atoms with Gasteiger partial charge in [-0.1, -0.05) is 42.5 Å². The van der Waals surface area contributed by atoms with Crippen LogP contribution in [-0.4, -0.2) is 5.91 Å². The van der Waals surface area contributed by atoms with Crippen LogP contribution in [0.4, 0.5) is 14.5 Å². The number of hydrogen-bond acceptors (Lipinski definition) is 1. The van der Waals surface area contributed by atoms with Crippen molar-refractivity contribution in [1.82, 2.24) is 0 Å². The molecule has 2 nitrogen and oxygen atoms in total. The summed E-state index contributed by atoms with van der Waals surface area (Å²) < 4.78 is 27.1. The summed E-state index contributed by atoms with van der Waals surface area (Å²) in [5, 5.41) is 0. The quantitative estimate of drug-likeness (QED) is 0.647. The summed E-state index contributed by atoms with van der Waals surface area (Å²) in [6, 6.07) is 19.8. The predicted octanol–water partition coefficient (Wildman–Crippen LogP) is 5.12. The average molecular weight is 337 g/mol. The lowest BCUT2D eigenvalue weighted by atomic mass is 10.1. The van der Waals surface area contributed by atoms with Crippen molar-refractivity contribution in [2.45, 2.75) is 13.5 Å². The highest BCUT2D eigenvalue weighted by atomic mass is 19.1. The summed E-state index contributed by atoms with van der Waals surface area (Å²) in [5.74, 6) is -1.99. The third-order valence-electron chi connectivity index (χ3n) is 3.85. The minimum atomic E-state index is -0.771.